The zero-order chi connectivity index (χ0) is 10.3. The Morgan fingerprint density at radius 3 is 2.64 bits per heavy atom. The zero-order valence-corrected chi connectivity index (χ0v) is 8.26. The summed E-state index contributed by atoms with van der Waals surface area (Å²) in [7, 11) is 0. The highest BCUT2D eigenvalue weighted by molar-refractivity contribution is 6.38. The smallest absolute Gasteiger partial charge is 0.378 e. The molecule has 0 aliphatic carbocycles. The van der Waals surface area contributed by atoms with Crippen LogP contribution in [0.3, 0.4) is 0 Å². The Kier molecular flexibility index (Phi) is 2.13. The van der Waals surface area contributed by atoms with Gasteiger partial charge >= 0.3 is 5.63 Å². The molecule has 0 spiro atoms. The molecule has 1 N–H and O–H groups in total. The summed E-state index contributed by atoms with van der Waals surface area (Å²) in [6, 6.07) is 4.27. The van der Waals surface area contributed by atoms with E-state index in [1.54, 1.807) is 6.07 Å². The molecule has 0 saturated carbocycles. The first-order chi connectivity index (χ1) is 6.58. The second kappa shape index (κ2) is 3.19. The number of hydrogen-bond acceptors (Lipinski definition) is 3. The van der Waals surface area contributed by atoms with E-state index in [4.69, 9.17) is 32.7 Å². The summed E-state index contributed by atoms with van der Waals surface area (Å²) in [5.41, 5.74) is -0.597. The number of benzene rings is 1. The summed E-state index contributed by atoms with van der Waals surface area (Å²) in [6.07, 6.45) is 0. The van der Waals surface area contributed by atoms with Crippen LogP contribution in [-0.4, -0.2) is 5.11 Å². The summed E-state index contributed by atoms with van der Waals surface area (Å²) in [5, 5.41) is 10.2. The van der Waals surface area contributed by atoms with Gasteiger partial charge in [0.25, 0.3) is 0 Å². The summed E-state index contributed by atoms with van der Waals surface area (Å²) in [4.78, 5) is 11.0. The average molecular weight is 231 g/mol. The molecule has 5 heteroatoms. The van der Waals surface area contributed by atoms with Crippen molar-refractivity contribution in [2.24, 2.45) is 0 Å². The van der Waals surface area contributed by atoms with E-state index in [0.717, 1.165) is 0 Å². The fourth-order valence-electron chi connectivity index (χ4n) is 1.15. The van der Waals surface area contributed by atoms with Gasteiger partial charge in [0.1, 0.15) is 0 Å². The van der Waals surface area contributed by atoms with Gasteiger partial charge in [-0.3, -0.25) is 0 Å². The van der Waals surface area contributed by atoms with Crippen molar-refractivity contribution >= 4 is 34.2 Å². The van der Waals surface area contributed by atoms with E-state index in [1.165, 1.54) is 12.1 Å². The van der Waals surface area contributed by atoms with E-state index >= 15 is 0 Å². The maximum absolute atomic E-state index is 11.0. The maximum Gasteiger partial charge on any atom is 0.378 e. The number of halogens is 2. The average Bonchev–Trinajstić information content (AvgIpc) is 2.08. The molecule has 1 aromatic carbocycles. The van der Waals surface area contributed by atoms with E-state index in [-0.39, 0.29) is 10.6 Å². The van der Waals surface area contributed by atoms with Crippen LogP contribution in [0.15, 0.2) is 27.4 Å². The van der Waals surface area contributed by atoms with Crippen molar-refractivity contribution in [2.75, 3.05) is 0 Å². The molecule has 1 aromatic heterocycles. The molecule has 0 atom stereocenters. The first kappa shape index (κ1) is 9.37. The highest BCUT2D eigenvalue weighted by atomic mass is 35.5. The third-order valence-corrected chi connectivity index (χ3v) is 2.23. The molecule has 14 heavy (non-hydrogen) atoms. The predicted molar refractivity (Wildman–Crippen MR) is 54.2 cm³/mol. The van der Waals surface area contributed by atoms with Crippen molar-refractivity contribution in [1.29, 1.82) is 0 Å². The lowest BCUT2D eigenvalue weighted by Crippen LogP contribution is -1.97. The van der Waals surface area contributed by atoms with Crippen molar-refractivity contribution < 1.29 is 9.52 Å². The predicted octanol–water partition coefficient (Wildman–Crippen LogP) is 2.81. The van der Waals surface area contributed by atoms with Crippen LogP contribution in [0.25, 0.3) is 11.0 Å². The summed E-state index contributed by atoms with van der Waals surface area (Å²) >= 11 is 11.5. The summed E-state index contributed by atoms with van der Waals surface area (Å²) in [6.45, 7) is 0. The molecule has 0 aliphatic heterocycles. The van der Waals surface area contributed by atoms with Crippen LogP contribution >= 0.6 is 23.2 Å². The Labute approximate surface area is 88.5 Å². The van der Waals surface area contributed by atoms with Crippen LogP contribution in [0.5, 0.6) is 5.75 Å². The van der Waals surface area contributed by atoms with Gasteiger partial charge in [-0.15, -0.1) is 0 Å². The second-order valence-electron chi connectivity index (χ2n) is 2.73. The van der Waals surface area contributed by atoms with Gasteiger partial charge in [0, 0.05) is 10.4 Å². The van der Waals surface area contributed by atoms with Crippen LogP contribution in [-0.2, 0) is 0 Å². The number of fused-ring (bicyclic) bond motifs is 1. The van der Waals surface area contributed by atoms with E-state index in [2.05, 4.69) is 0 Å². The van der Waals surface area contributed by atoms with Crippen molar-refractivity contribution in [3.8, 4) is 5.75 Å². The minimum absolute atomic E-state index is 0.221. The zero-order valence-electron chi connectivity index (χ0n) is 6.75. The van der Waals surface area contributed by atoms with E-state index in [1.807, 2.05) is 0 Å². The topological polar surface area (TPSA) is 50.4 Å². The number of hydrogen-bond donors (Lipinski definition) is 1. The molecule has 0 unspecified atom stereocenters. The SMILES string of the molecule is O=c1oc2c(Cl)cc(Cl)cc2cc1O. The van der Waals surface area contributed by atoms with Gasteiger partial charge < -0.3 is 9.52 Å². The molecule has 0 fully saturated rings. The van der Waals surface area contributed by atoms with Crippen LogP contribution in [0.2, 0.25) is 10.0 Å². The third-order valence-electron chi connectivity index (χ3n) is 1.73. The highest BCUT2D eigenvalue weighted by Gasteiger charge is 2.07. The van der Waals surface area contributed by atoms with Gasteiger partial charge in [-0.05, 0) is 18.2 Å². The summed E-state index contributed by atoms with van der Waals surface area (Å²) in [5.74, 6) is -0.462. The first-order valence-corrected chi connectivity index (χ1v) is 4.45. The molecule has 0 bridgehead atoms. The highest BCUT2D eigenvalue weighted by Crippen LogP contribution is 2.28. The van der Waals surface area contributed by atoms with Gasteiger partial charge in [-0.2, -0.15) is 0 Å². The quantitative estimate of drug-likeness (QED) is 0.709. The van der Waals surface area contributed by atoms with E-state index in [9.17, 15) is 4.79 Å². The standard InChI is InChI=1S/C9H4Cl2O3/c10-5-1-4-2-7(12)9(13)14-8(4)6(11)3-5/h1-3,12H. The molecular formula is C9H4Cl2O3. The lowest BCUT2D eigenvalue weighted by atomic mass is 10.2. The molecule has 0 amide bonds. The molecule has 0 saturated heterocycles. The Bertz CT molecular complexity index is 560. The fourth-order valence-corrected chi connectivity index (χ4v) is 1.69. The van der Waals surface area contributed by atoms with Crippen LogP contribution in [0, 0.1) is 0 Å². The Balaban J connectivity index is 2.96. The Hall–Kier alpha value is -1.19. The summed E-state index contributed by atoms with van der Waals surface area (Å²) < 4.78 is 4.78. The molecule has 2 aromatic rings. The molecule has 1 heterocycles. The number of rotatable bonds is 0. The second-order valence-corrected chi connectivity index (χ2v) is 3.57. The van der Waals surface area contributed by atoms with Gasteiger partial charge in [0.05, 0.1) is 5.02 Å². The van der Waals surface area contributed by atoms with Gasteiger partial charge in [0.2, 0.25) is 5.75 Å². The van der Waals surface area contributed by atoms with Crippen molar-refractivity contribution in [3.05, 3.63) is 38.7 Å². The van der Waals surface area contributed by atoms with E-state index in [0.29, 0.717) is 10.4 Å². The van der Waals surface area contributed by atoms with Crippen molar-refractivity contribution in [3.63, 3.8) is 0 Å². The molecule has 72 valence electrons. The first-order valence-electron chi connectivity index (χ1n) is 3.70. The molecule has 0 aliphatic rings. The minimum atomic E-state index is -0.818. The maximum atomic E-state index is 11.0. The minimum Gasteiger partial charge on any atom is -0.502 e. The monoisotopic (exact) mass is 230 g/mol. The molecule has 3 nitrogen and oxygen atoms in total. The van der Waals surface area contributed by atoms with E-state index < -0.39 is 11.4 Å². The Morgan fingerprint density at radius 1 is 1.21 bits per heavy atom. The van der Waals surface area contributed by atoms with Crippen molar-refractivity contribution in [2.45, 2.75) is 0 Å². The lowest BCUT2D eigenvalue weighted by Gasteiger charge is -2.00. The molecule has 0 radical (unpaired) electrons. The molecule has 2 rings (SSSR count). The Morgan fingerprint density at radius 2 is 1.93 bits per heavy atom. The van der Waals surface area contributed by atoms with Crippen LogP contribution in [0.1, 0.15) is 0 Å². The van der Waals surface area contributed by atoms with Crippen LogP contribution in [0.4, 0.5) is 0 Å². The van der Waals surface area contributed by atoms with Gasteiger partial charge in [0.15, 0.2) is 5.58 Å². The third kappa shape index (κ3) is 1.45. The van der Waals surface area contributed by atoms with Gasteiger partial charge in [-0.25, -0.2) is 4.79 Å². The van der Waals surface area contributed by atoms with Gasteiger partial charge in [-0.1, -0.05) is 23.2 Å². The van der Waals surface area contributed by atoms with Crippen LogP contribution < -0.4 is 5.63 Å². The lowest BCUT2D eigenvalue weighted by molar-refractivity contribution is 0.428. The number of aromatic hydroxyl groups is 1. The normalized spacial score (nSPS) is 10.7. The van der Waals surface area contributed by atoms with Crippen molar-refractivity contribution in [1.82, 2.24) is 0 Å². The largest absolute Gasteiger partial charge is 0.502 e. The fraction of sp³-hybridized carbons (Fsp3) is 0. The molecular weight excluding hydrogens is 227 g/mol.